The lowest BCUT2D eigenvalue weighted by molar-refractivity contribution is 0.226. The lowest BCUT2D eigenvalue weighted by Gasteiger charge is -2.37. The fourth-order valence-electron chi connectivity index (χ4n) is 2.59. The highest BCUT2D eigenvalue weighted by Gasteiger charge is 2.33. The highest BCUT2D eigenvalue weighted by molar-refractivity contribution is 6.41. The molecule has 3 unspecified atom stereocenters. The van der Waals surface area contributed by atoms with Crippen LogP contribution < -0.4 is 0 Å². The van der Waals surface area contributed by atoms with Crippen LogP contribution in [0.3, 0.4) is 0 Å². The molecule has 3 rings (SSSR count). The van der Waals surface area contributed by atoms with Crippen molar-refractivity contribution in [2.45, 2.75) is 25.6 Å². The maximum atomic E-state index is 8.86. The first-order chi connectivity index (χ1) is 5.75. The predicted octanol–water partition coefficient (Wildman–Crippen LogP) is 1.06. The summed E-state index contributed by atoms with van der Waals surface area (Å²) < 4.78 is 0. The van der Waals surface area contributed by atoms with E-state index in [9.17, 15) is 0 Å². The smallest absolute Gasteiger partial charge is 0.427 e. The van der Waals surface area contributed by atoms with Gasteiger partial charge in [0.1, 0.15) is 0 Å². The molecule has 0 saturated heterocycles. The maximum Gasteiger partial charge on any atom is 0.451 e. The van der Waals surface area contributed by atoms with E-state index < -0.39 is 7.12 Å². The minimum absolute atomic E-state index is 0.522. The third kappa shape index (κ3) is 1.57. The molecule has 3 aliphatic rings. The predicted molar refractivity (Wildman–Crippen MR) is 48.5 cm³/mol. The molecule has 0 radical (unpaired) electrons. The van der Waals surface area contributed by atoms with Crippen LogP contribution in [0.25, 0.3) is 0 Å². The van der Waals surface area contributed by atoms with Gasteiger partial charge in [-0.25, -0.2) is 0 Å². The SMILES string of the molecule is OB(O)CC1CC2C=CC1CC2. The second-order valence-corrected chi connectivity index (χ2v) is 4.10. The highest BCUT2D eigenvalue weighted by Crippen LogP contribution is 2.42. The van der Waals surface area contributed by atoms with Crippen molar-refractivity contribution >= 4 is 7.12 Å². The average Bonchev–Trinajstić information content (AvgIpc) is 2.05. The monoisotopic (exact) mass is 166 g/mol. The third-order valence-corrected chi connectivity index (χ3v) is 3.23. The van der Waals surface area contributed by atoms with Gasteiger partial charge >= 0.3 is 7.12 Å². The van der Waals surface area contributed by atoms with E-state index in [-0.39, 0.29) is 0 Å². The van der Waals surface area contributed by atoms with Gasteiger partial charge in [0, 0.05) is 0 Å². The summed E-state index contributed by atoms with van der Waals surface area (Å²) in [6.07, 6.45) is 8.85. The van der Waals surface area contributed by atoms with E-state index in [1.165, 1.54) is 19.3 Å². The Balaban J connectivity index is 1.97. The number of fused-ring (bicyclic) bond motifs is 2. The lowest BCUT2D eigenvalue weighted by atomic mass is 9.62. The lowest BCUT2D eigenvalue weighted by Crippen LogP contribution is -2.30. The van der Waals surface area contributed by atoms with Crippen molar-refractivity contribution in [2.75, 3.05) is 0 Å². The standard InChI is InChI=1S/C9H15BO2/c11-10(12)6-9-5-7-1-3-8(9)4-2-7/h1,3,7-9,11-12H,2,4-6H2. The van der Waals surface area contributed by atoms with Gasteiger partial charge in [0.25, 0.3) is 0 Å². The van der Waals surface area contributed by atoms with Crippen molar-refractivity contribution in [3.8, 4) is 0 Å². The second kappa shape index (κ2) is 3.23. The molecule has 2 nitrogen and oxygen atoms in total. The van der Waals surface area contributed by atoms with Crippen LogP contribution in [0.5, 0.6) is 0 Å². The maximum absolute atomic E-state index is 8.86. The average molecular weight is 166 g/mol. The van der Waals surface area contributed by atoms with Crippen molar-refractivity contribution < 1.29 is 10.0 Å². The molecular weight excluding hydrogens is 151 g/mol. The Morgan fingerprint density at radius 1 is 1.25 bits per heavy atom. The third-order valence-electron chi connectivity index (χ3n) is 3.23. The zero-order chi connectivity index (χ0) is 8.55. The summed E-state index contributed by atoms with van der Waals surface area (Å²) in [6.45, 7) is 0. The van der Waals surface area contributed by atoms with Crippen LogP contribution in [-0.2, 0) is 0 Å². The summed E-state index contributed by atoms with van der Waals surface area (Å²) in [5.41, 5.74) is 0. The molecule has 0 heterocycles. The molecule has 2 N–H and O–H groups in total. The fourth-order valence-corrected chi connectivity index (χ4v) is 2.59. The quantitative estimate of drug-likeness (QED) is 0.475. The van der Waals surface area contributed by atoms with Crippen LogP contribution >= 0.6 is 0 Å². The number of hydrogen-bond acceptors (Lipinski definition) is 2. The molecule has 0 aromatic carbocycles. The van der Waals surface area contributed by atoms with Crippen LogP contribution in [0.2, 0.25) is 6.32 Å². The van der Waals surface area contributed by atoms with Gasteiger partial charge in [-0.1, -0.05) is 12.2 Å². The Morgan fingerprint density at radius 2 is 2.08 bits per heavy atom. The molecular formula is C9H15BO2. The number of hydrogen-bond donors (Lipinski definition) is 2. The van der Waals surface area contributed by atoms with E-state index in [2.05, 4.69) is 12.2 Å². The first-order valence-electron chi connectivity index (χ1n) is 4.80. The normalized spacial score (nSPS) is 38.7. The van der Waals surface area contributed by atoms with Crippen molar-refractivity contribution in [1.29, 1.82) is 0 Å². The highest BCUT2D eigenvalue weighted by atomic mass is 16.4. The van der Waals surface area contributed by atoms with Gasteiger partial charge in [0.05, 0.1) is 0 Å². The van der Waals surface area contributed by atoms with Crippen LogP contribution in [0.1, 0.15) is 19.3 Å². The summed E-state index contributed by atoms with van der Waals surface area (Å²) in [6, 6.07) is 0. The van der Waals surface area contributed by atoms with Gasteiger partial charge in [-0.15, -0.1) is 0 Å². The summed E-state index contributed by atoms with van der Waals surface area (Å²) in [5, 5.41) is 17.7. The van der Waals surface area contributed by atoms with Gasteiger partial charge in [-0.05, 0) is 43.3 Å². The summed E-state index contributed by atoms with van der Waals surface area (Å²) in [7, 11) is -1.11. The zero-order valence-electron chi connectivity index (χ0n) is 7.19. The van der Waals surface area contributed by atoms with Gasteiger partial charge in [0.15, 0.2) is 0 Å². The Morgan fingerprint density at radius 3 is 2.50 bits per heavy atom. The van der Waals surface area contributed by atoms with Gasteiger partial charge in [-0.3, -0.25) is 0 Å². The van der Waals surface area contributed by atoms with Crippen molar-refractivity contribution in [3.05, 3.63) is 12.2 Å². The van der Waals surface area contributed by atoms with Crippen LogP contribution in [0.15, 0.2) is 12.2 Å². The molecule has 0 aromatic heterocycles. The molecule has 1 saturated carbocycles. The molecule has 0 spiro atoms. The summed E-state index contributed by atoms with van der Waals surface area (Å²) in [5.74, 6) is 1.87. The van der Waals surface area contributed by atoms with Gasteiger partial charge in [0.2, 0.25) is 0 Å². The topological polar surface area (TPSA) is 40.5 Å². The Bertz CT molecular complexity index is 191. The van der Waals surface area contributed by atoms with Crippen LogP contribution in [0.4, 0.5) is 0 Å². The molecule has 3 aliphatic carbocycles. The van der Waals surface area contributed by atoms with E-state index >= 15 is 0 Å². The van der Waals surface area contributed by atoms with E-state index in [1.807, 2.05) is 0 Å². The Kier molecular flexibility index (Phi) is 2.24. The fraction of sp³-hybridized carbons (Fsp3) is 0.778. The van der Waals surface area contributed by atoms with Gasteiger partial charge in [-0.2, -0.15) is 0 Å². The van der Waals surface area contributed by atoms with E-state index in [0.717, 1.165) is 5.92 Å². The van der Waals surface area contributed by atoms with Gasteiger partial charge < -0.3 is 10.0 Å². The molecule has 0 aromatic rings. The number of rotatable bonds is 2. The zero-order valence-corrected chi connectivity index (χ0v) is 7.19. The molecule has 0 aliphatic heterocycles. The molecule has 2 bridgehead atoms. The van der Waals surface area contributed by atoms with Crippen molar-refractivity contribution in [1.82, 2.24) is 0 Å². The number of allylic oxidation sites excluding steroid dienone is 2. The molecule has 12 heavy (non-hydrogen) atoms. The Hall–Kier alpha value is -0.275. The minimum Gasteiger partial charge on any atom is -0.427 e. The van der Waals surface area contributed by atoms with E-state index in [1.54, 1.807) is 0 Å². The second-order valence-electron chi connectivity index (χ2n) is 4.10. The molecule has 1 fully saturated rings. The molecule has 3 atom stereocenters. The largest absolute Gasteiger partial charge is 0.451 e. The van der Waals surface area contributed by atoms with Crippen molar-refractivity contribution in [3.63, 3.8) is 0 Å². The molecule has 66 valence electrons. The summed E-state index contributed by atoms with van der Waals surface area (Å²) >= 11 is 0. The van der Waals surface area contributed by atoms with Crippen LogP contribution in [0, 0.1) is 17.8 Å². The minimum atomic E-state index is -1.11. The van der Waals surface area contributed by atoms with E-state index in [4.69, 9.17) is 10.0 Å². The molecule has 3 heteroatoms. The van der Waals surface area contributed by atoms with Crippen LogP contribution in [-0.4, -0.2) is 17.2 Å². The first kappa shape index (κ1) is 8.33. The Labute approximate surface area is 73.4 Å². The van der Waals surface area contributed by atoms with E-state index in [0.29, 0.717) is 18.2 Å². The summed E-state index contributed by atoms with van der Waals surface area (Å²) in [4.78, 5) is 0. The van der Waals surface area contributed by atoms with Crippen molar-refractivity contribution in [2.24, 2.45) is 17.8 Å². The first-order valence-corrected chi connectivity index (χ1v) is 4.80. The molecule has 0 amide bonds.